The number of sulfonamides is 1. The highest BCUT2D eigenvalue weighted by Crippen LogP contribution is 2.48. The Morgan fingerprint density at radius 1 is 1.12 bits per heavy atom. The predicted octanol–water partition coefficient (Wildman–Crippen LogP) is 3.83. The Labute approximate surface area is 286 Å². The monoisotopic (exact) mass is 700 g/mol. The first kappa shape index (κ1) is 34.9. The van der Waals surface area contributed by atoms with Crippen LogP contribution in [0.1, 0.15) is 65.2 Å². The van der Waals surface area contributed by atoms with Crippen LogP contribution >= 0.6 is 0 Å². The van der Waals surface area contributed by atoms with E-state index in [0.717, 1.165) is 24.6 Å². The molecule has 0 bridgehead atoms. The topological polar surface area (TPSA) is 153 Å². The van der Waals surface area contributed by atoms with Gasteiger partial charge < -0.3 is 24.4 Å². The largest absolute Gasteiger partial charge is 0.493 e. The van der Waals surface area contributed by atoms with Gasteiger partial charge in [0.25, 0.3) is 5.91 Å². The number of nitrogens with zero attached hydrogens (tertiary/aromatic N) is 2. The molecule has 2 aromatic rings. The lowest BCUT2D eigenvalue weighted by atomic mass is 9.91. The molecule has 0 unspecified atom stereocenters. The van der Waals surface area contributed by atoms with Gasteiger partial charge in [0.2, 0.25) is 27.7 Å². The normalized spacial score (nSPS) is 30.6. The molecule has 2 aliphatic carbocycles. The van der Waals surface area contributed by atoms with Crippen molar-refractivity contribution < 1.29 is 41.4 Å². The minimum absolute atomic E-state index is 0.0726. The zero-order valence-electron chi connectivity index (χ0n) is 28.4. The van der Waals surface area contributed by atoms with Crippen LogP contribution in [-0.4, -0.2) is 85.9 Å². The van der Waals surface area contributed by atoms with E-state index in [1.807, 2.05) is 31.2 Å². The number of aromatic nitrogens is 1. The summed E-state index contributed by atoms with van der Waals surface area (Å²) in [6, 6.07) is 4.40. The summed E-state index contributed by atoms with van der Waals surface area (Å²) < 4.78 is 57.6. The summed E-state index contributed by atoms with van der Waals surface area (Å²) in [4.78, 5) is 47.6. The standard InChI is InChI=1S/C35H45FN4O8S/c1-21-7-5-6-8-24-18-35(24,33(43)39-49(44,45)34(20-36)10-11-34)38-31(42)27-16-25(19-40(27)30(41)14-22(2)13-21)48-32-26-17-29(47-4)28(46-3)15-23(26)9-12-37-32/h6,8-9,12,15,17,21-22,24-25,27H,5,7,10-11,13-14,16,18-20H2,1-4H3,(H,38,42)(H,39,43)/b8-6-/t21-,22-,24-,25-,27+,35-/m1/s1. The third kappa shape index (κ3) is 6.80. The minimum atomic E-state index is -4.31. The molecule has 2 saturated carbocycles. The van der Waals surface area contributed by atoms with Gasteiger partial charge in [-0.05, 0) is 73.9 Å². The fourth-order valence-electron chi connectivity index (χ4n) is 7.30. The third-order valence-corrected chi connectivity index (χ3v) is 12.6. The molecule has 12 nitrogen and oxygen atoms in total. The molecule has 0 radical (unpaired) electrons. The van der Waals surface area contributed by atoms with Crippen molar-refractivity contribution in [3.63, 3.8) is 0 Å². The second-order valence-corrected chi connectivity index (χ2v) is 16.3. The molecule has 1 aromatic heterocycles. The van der Waals surface area contributed by atoms with Gasteiger partial charge in [0.15, 0.2) is 11.5 Å². The van der Waals surface area contributed by atoms with Gasteiger partial charge in [-0.2, -0.15) is 0 Å². The lowest BCUT2D eigenvalue weighted by Crippen LogP contribution is -2.57. The lowest BCUT2D eigenvalue weighted by molar-refractivity contribution is -0.140. The highest BCUT2D eigenvalue weighted by molar-refractivity contribution is 7.91. The molecule has 3 fully saturated rings. The van der Waals surface area contributed by atoms with E-state index in [0.29, 0.717) is 28.7 Å². The molecule has 0 spiro atoms. The van der Waals surface area contributed by atoms with Crippen LogP contribution in [0.5, 0.6) is 17.4 Å². The average Bonchev–Trinajstić information content (AvgIpc) is 3.97. The SMILES string of the molecule is COc1cc2ccnc(O[C@@H]3C[C@H]4C(=O)N[C@]5(C(=O)NS(=O)(=O)C6(CF)CC6)C[C@H]5/C=C\CC[C@@H](C)C[C@@H](C)CC(=O)N4C3)c2cc1OC. The number of pyridine rings is 1. The van der Waals surface area contributed by atoms with Gasteiger partial charge in [0.1, 0.15) is 29.1 Å². The maximum Gasteiger partial charge on any atom is 0.259 e. The molecule has 1 aromatic carbocycles. The molecule has 49 heavy (non-hydrogen) atoms. The van der Waals surface area contributed by atoms with E-state index in [2.05, 4.69) is 21.9 Å². The summed E-state index contributed by atoms with van der Waals surface area (Å²) in [5.41, 5.74) is -1.55. The first-order valence-corrected chi connectivity index (χ1v) is 18.4. The Bertz CT molecular complexity index is 1760. The maximum absolute atomic E-state index is 14.1. The second-order valence-electron chi connectivity index (χ2n) is 14.3. The number of rotatable bonds is 8. The summed E-state index contributed by atoms with van der Waals surface area (Å²) in [6.45, 7) is 3.19. The zero-order valence-corrected chi connectivity index (χ0v) is 29.2. The Balaban J connectivity index is 1.29. The van der Waals surface area contributed by atoms with Crippen molar-refractivity contribution in [1.82, 2.24) is 19.9 Å². The van der Waals surface area contributed by atoms with Gasteiger partial charge in [-0.25, -0.2) is 17.8 Å². The number of allylic oxidation sites excluding steroid dienone is 1. The third-order valence-electron chi connectivity index (χ3n) is 10.5. The first-order valence-electron chi connectivity index (χ1n) is 16.9. The summed E-state index contributed by atoms with van der Waals surface area (Å²) in [5.74, 6) is -0.400. The summed E-state index contributed by atoms with van der Waals surface area (Å²) in [5, 5.41) is 4.30. The number of methoxy groups -OCH3 is 2. The zero-order chi connectivity index (χ0) is 35.1. The van der Waals surface area contributed by atoms with Crippen LogP contribution in [0.15, 0.2) is 36.5 Å². The molecule has 3 amide bonds. The smallest absolute Gasteiger partial charge is 0.259 e. The van der Waals surface area contributed by atoms with Gasteiger partial charge in [0.05, 0.1) is 20.8 Å². The number of ether oxygens (including phenoxy) is 3. The molecular weight excluding hydrogens is 655 g/mol. The maximum atomic E-state index is 14.1. The van der Waals surface area contributed by atoms with Crippen molar-refractivity contribution in [3.05, 3.63) is 36.5 Å². The number of hydrogen-bond donors (Lipinski definition) is 2. The van der Waals surface area contributed by atoms with Crippen molar-refractivity contribution >= 4 is 38.5 Å². The highest BCUT2D eigenvalue weighted by Gasteiger charge is 2.64. The van der Waals surface area contributed by atoms with Crippen molar-refractivity contribution in [2.24, 2.45) is 17.8 Å². The van der Waals surface area contributed by atoms with Crippen molar-refractivity contribution in [2.45, 2.75) is 87.6 Å². The van der Waals surface area contributed by atoms with E-state index in [1.54, 1.807) is 19.4 Å². The molecule has 3 heterocycles. The summed E-state index contributed by atoms with van der Waals surface area (Å²) in [6.07, 6.45) is 8.02. The quantitative estimate of drug-likeness (QED) is 0.392. The highest BCUT2D eigenvalue weighted by atomic mass is 32.2. The van der Waals surface area contributed by atoms with Crippen molar-refractivity contribution in [3.8, 4) is 17.4 Å². The molecule has 4 aliphatic rings. The number of nitrogens with one attached hydrogen (secondary N) is 2. The summed E-state index contributed by atoms with van der Waals surface area (Å²) >= 11 is 0. The molecule has 6 rings (SSSR count). The molecule has 2 aliphatic heterocycles. The number of carbonyl (C=O) groups excluding carboxylic acids is 3. The number of benzene rings is 1. The number of alkyl halides is 1. The lowest BCUT2D eigenvalue weighted by Gasteiger charge is -2.28. The van der Waals surface area contributed by atoms with Crippen molar-refractivity contribution in [2.75, 3.05) is 27.4 Å². The van der Waals surface area contributed by atoms with Crippen LogP contribution in [0.25, 0.3) is 10.8 Å². The number of amides is 3. The van der Waals surface area contributed by atoms with E-state index in [9.17, 15) is 27.2 Å². The second kappa shape index (κ2) is 13.4. The van der Waals surface area contributed by atoms with E-state index < -0.39 is 56.9 Å². The molecule has 6 atom stereocenters. The molecule has 14 heteroatoms. The number of hydrogen-bond acceptors (Lipinski definition) is 9. The summed E-state index contributed by atoms with van der Waals surface area (Å²) in [7, 11) is -1.23. The predicted molar refractivity (Wildman–Crippen MR) is 179 cm³/mol. The molecule has 266 valence electrons. The average molecular weight is 701 g/mol. The first-order chi connectivity index (χ1) is 23.3. The molecular formula is C35H45FN4O8S. The van der Waals surface area contributed by atoms with E-state index in [1.165, 1.54) is 12.0 Å². The van der Waals surface area contributed by atoms with Crippen LogP contribution < -0.4 is 24.2 Å². The Hall–Kier alpha value is -3.94. The Kier molecular flexibility index (Phi) is 9.55. The molecule has 2 N–H and O–H groups in total. The van der Waals surface area contributed by atoms with Crippen LogP contribution in [0.3, 0.4) is 0 Å². The van der Waals surface area contributed by atoms with Gasteiger partial charge in [-0.15, -0.1) is 0 Å². The van der Waals surface area contributed by atoms with Gasteiger partial charge in [-0.3, -0.25) is 19.1 Å². The Morgan fingerprint density at radius 2 is 1.86 bits per heavy atom. The number of carbonyl (C=O) groups is 3. The minimum Gasteiger partial charge on any atom is -0.493 e. The van der Waals surface area contributed by atoms with Crippen LogP contribution in [0, 0.1) is 17.8 Å². The number of halogens is 1. The Morgan fingerprint density at radius 3 is 2.55 bits per heavy atom. The van der Waals surface area contributed by atoms with E-state index in [-0.39, 0.29) is 50.5 Å². The van der Waals surface area contributed by atoms with Gasteiger partial charge in [0, 0.05) is 30.3 Å². The van der Waals surface area contributed by atoms with Gasteiger partial charge in [-0.1, -0.05) is 26.0 Å². The van der Waals surface area contributed by atoms with E-state index in [4.69, 9.17) is 14.2 Å². The van der Waals surface area contributed by atoms with Crippen molar-refractivity contribution in [1.29, 1.82) is 0 Å². The fourth-order valence-corrected chi connectivity index (χ4v) is 8.72. The van der Waals surface area contributed by atoms with Crippen LogP contribution in [-0.2, 0) is 24.4 Å². The van der Waals surface area contributed by atoms with E-state index >= 15 is 0 Å². The van der Waals surface area contributed by atoms with Crippen LogP contribution in [0.4, 0.5) is 4.39 Å². The fraction of sp³-hybridized carbons (Fsp3) is 0.600. The van der Waals surface area contributed by atoms with Crippen LogP contribution in [0.2, 0.25) is 0 Å². The molecule has 1 saturated heterocycles. The number of fused-ring (bicyclic) bond motifs is 3. The van der Waals surface area contributed by atoms with Gasteiger partial charge >= 0.3 is 0 Å².